The highest BCUT2D eigenvalue weighted by Crippen LogP contribution is 2.21. The Balaban J connectivity index is 1.49. The molecule has 0 bridgehead atoms. The van der Waals surface area contributed by atoms with Crippen LogP contribution in [0.4, 0.5) is 0 Å². The topological polar surface area (TPSA) is 36.9 Å². The van der Waals surface area contributed by atoms with Crippen LogP contribution < -0.4 is 10.1 Å². The Morgan fingerprint density at radius 2 is 2.27 bits per heavy atom. The van der Waals surface area contributed by atoms with Gasteiger partial charge in [0.05, 0.1) is 18.9 Å². The first-order chi connectivity index (χ1) is 10.8. The fraction of sp³-hybridized carbons (Fsp3) is 0.500. The van der Waals surface area contributed by atoms with Crippen molar-refractivity contribution in [1.82, 2.24) is 10.2 Å². The maximum absolute atomic E-state index is 6.03. The summed E-state index contributed by atoms with van der Waals surface area (Å²) in [5.74, 6) is 1.63. The maximum atomic E-state index is 6.03. The Kier molecular flexibility index (Phi) is 5.11. The largest absolute Gasteiger partial charge is 0.493 e. The second-order valence-electron chi connectivity index (χ2n) is 6.21. The van der Waals surface area contributed by atoms with Crippen molar-refractivity contribution in [3.8, 4) is 5.75 Å². The minimum Gasteiger partial charge on any atom is -0.493 e. The van der Waals surface area contributed by atoms with Crippen LogP contribution in [-0.4, -0.2) is 43.4 Å². The molecule has 22 heavy (non-hydrogen) atoms. The molecule has 1 unspecified atom stereocenters. The molecule has 0 radical (unpaired) electrons. The third-order valence-electron chi connectivity index (χ3n) is 4.33. The predicted octanol–water partition coefficient (Wildman–Crippen LogP) is 2.60. The van der Waals surface area contributed by atoms with Crippen LogP contribution in [0.5, 0.6) is 5.75 Å². The Morgan fingerprint density at radius 1 is 1.36 bits per heavy atom. The van der Waals surface area contributed by atoms with Crippen molar-refractivity contribution in [2.45, 2.75) is 19.8 Å². The van der Waals surface area contributed by atoms with Crippen LogP contribution in [-0.2, 0) is 0 Å². The van der Waals surface area contributed by atoms with Gasteiger partial charge in [-0.15, -0.1) is 0 Å². The lowest BCUT2D eigenvalue weighted by Gasteiger charge is -2.33. The molecular weight excluding hydrogens is 274 g/mol. The van der Waals surface area contributed by atoms with E-state index in [0.717, 1.165) is 32.0 Å². The van der Waals surface area contributed by atoms with Gasteiger partial charge in [-0.2, -0.15) is 0 Å². The molecule has 2 aliphatic heterocycles. The molecule has 0 amide bonds. The van der Waals surface area contributed by atoms with Gasteiger partial charge in [0.2, 0.25) is 0 Å². The number of nitrogens with one attached hydrogen (secondary N) is 1. The van der Waals surface area contributed by atoms with E-state index in [1.54, 1.807) is 0 Å². The van der Waals surface area contributed by atoms with Crippen molar-refractivity contribution in [2.24, 2.45) is 10.9 Å². The molecule has 1 aromatic carbocycles. The highest BCUT2D eigenvalue weighted by atomic mass is 16.5. The molecule has 1 saturated heterocycles. The number of benzene rings is 1. The minimum absolute atomic E-state index is 0.612. The number of para-hydroxylation sites is 1. The van der Waals surface area contributed by atoms with Gasteiger partial charge in [-0.05, 0) is 37.9 Å². The summed E-state index contributed by atoms with van der Waals surface area (Å²) in [6.07, 6.45) is 6.26. The molecule has 0 spiro atoms. The van der Waals surface area contributed by atoms with Crippen molar-refractivity contribution >= 4 is 5.71 Å². The minimum atomic E-state index is 0.612. The van der Waals surface area contributed by atoms with Crippen molar-refractivity contribution in [3.05, 3.63) is 42.2 Å². The summed E-state index contributed by atoms with van der Waals surface area (Å²) in [6.45, 7) is 7.03. The average Bonchev–Trinajstić information content (AvgIpc) is 2.55. The van der Waals surface area contributed by atoms with E-state index >= 15 is 0 Å². The molecule has 1 atom stereocenters. The summed E-state index contributed by atoms with van der Waals surface area (Å²) in [5, 5.41) is 3.23. The molecule has 3 rings (SSSR count). The first-order valence-electron chi connectivity index (χ1n) is 8.16. The van der Waals surface area contributed by atoms with E-state index in [4.69, 9.17) is 4.74 Å². The van der Waals surface area contributed by atoms with Crippen LogP contribution in [0.3, 0.4) is 0 Å². The molecule has 1 fully saturated rings. The van der Waals surface area contributed by atoms with Gasteiger partial charge in [0.1, 0.15) is 5.75 Å². The number of rotatable bonds is 5. The van der Waals surface area contributed by atoms with Crippen molar-refractivity contribution in [1.29, 1.82) is 0 Å². The third kappa shape index (κ3) is 4.10. The lowest BCUT2D eigenvalue weighted by Crippen LogP contribution is -2.42. The molecule has 4 heteroatoms. The van der Waals surface area contributed by atoms with Gasteiger partial charge in [0.25, 0.3) is 0 Å². The zero-order valence-electron chi connectivity index (χ0n) is 13.3. The average molecular weight is 299 g/mol. The Hall–Kier alpha value is -1.81. The van der Waals surface area contributed by atoms with Crippen LogP contribution in [0.25, 0.3) is 0 Å². The number of hydrogen-bond donors (Lipinski definition) is 1. The van der Waals surface area contributed by atoms with Crippen molar-refractivity contribution in [3.63, 3.8) is 0 Å². The molecule has 0 aliphatic carbocycles. The van der Waals surface area contributed by atoms with E-state index < -0.39 is 0 Å². The molecule has 4 nitrogen and oxygen atoms in total. The second-order valence-corrected chi connectivity index (χ2v) is 6.21. The van der Waals surface area contributed by atoms with E-state index in [1.807, 2.05) is 18.5 Å². The Bertz CT molecular complexity index is 553. The maximum Gasteiger partial charge on any atom is 0.122 e. The highest BCUT2D eigenvalue weighted by molar-refractivity contribution is 5.89. The number of nitrogens with zero attached hydrogens (tertiary/aromatic N) is 2. The first-order valence-corrected chi connectivity index (χ1v) is 8.16. The lowest BCUT2D eigenvalue weighted by molar-refractivity contribution is 0.142. The first kappa shape index (κ1) is 15.1. The van der Waals surface area contributed by atoms with Gasteiger partial charge in [-0.3, -0.25) is 9.89 Å². The van der Waals surface area contributed by atoms with Gasteiger partial charge in [-0.1, -0.05) is 18.2 Å². The lowest BCUT2D eigenvalue weighted by atomic mass is 9.98. The number of likely N-dealkylation sites (tertiary alicyclic amines) is 1. The monoisotopic (exact) mass is 299 g/mol. The second kappa shape index (κ2) is 7.45. The van der Waals surface area contributed by atoms with Crippen LogP contribution >= 0.6 is 0 Å². The summed E-state index contributed by atoms with van der Waals surface area (Å²) in [5.41, 5.74) is 2.44. The van der Waals surface area contributed by atoms with Gasteiger partial charge in [-0.25, -0.2) is 0 Å². The fourth-order valence-corrected chi connectivity index (χ4v) is 3.13. The zero-order valence-corrected chi connectivity index (χ0v) is 13.3. The molecule has 118 valence electrons. The standard InChI is InChI=1S/C18H25N3O/c1-15-5-2-3-7-18(15)22-14-16-6-4-10-21(12-16)13-17-11-19-8-9-20-17/h2-3,5,7-9,16,19H,4,6,10-14H2,1H3. The van der Waals surface area contributed by atoms with Crippen molar-refractivity contribution in [2.75, 3.05) is 32.8 Å². The van der Waals surface area contributed by atoms with Crippen LogP contribution in [0, 0.1) is 12.8 Å². The third-order valence-corrected chi connectivity index (χ3v) is 4.33. The quantitative estimate of drug-likeness (QED) is 0.908. The van der Waals surface area contributed by atoms with Gasteiger partial charge in [0.15, 0.2) is 0 Å². The van der Waals surface area contributed by atoms with E-state index in [-0.39, 0.29) is 0 Å². The van der Waals surface area contributed by atoms with E-state index in [1.165, 1.54) is 30.7 Å². The van der Waals surface area contributed by atoms with E-state index in [2.05, 4.69) is 40.3 Å². The number of hydrogen-bond acceptors (Lipinski definition) is 4. The van der Waals surface area contributed by atoms with E-state index in [9.17, 15) is 0 Å². The van der Waals surface area contributed by atoms with Crippen LogP contribution in [0.1, 0.15) is 18.4 Å². The highest BCUT2D eigenvalue weighted by Gasteiger charge is 2.21. The molecule has 2 heterocycles. The molecule has 0 saturated carbocycles. The summed E-state index contributed by atoms with van der Waals surface area (Å²) in [4.78, 5) is 6.96. The number of ether oxygens (including phenoxy) is 1. The Morgan fingerprint density at radius 3 is 3.09 bits per heavy atom. The smallest absolute Gasteiger partial charge is 0.122 e. The SMILES string of the molecule is Cc1ccccc1OCC1CCCN(CC2=NC=CNC2)C1. The summed E-state index contributed by atoms with van der Waals surface area (Å²) in [6, 6.07) is 8.25. The molecule has 1 aromatic rings. The number of aliphatic imine (C=N–C) groups is 1. The van der Waals surface area contributed by atoms with Gasteiger partial charge >= 0.3 is 0 Å². The predicted molar refractivity (Wildman–Crippen MR) is 90.4 cm³/mol. The summed E-state index contributed by atoms with van der Waals surface area (Å²) in [7, 11) is 0. The molecule has 1 N–H and O–H groups in total. The van der Waals surface area contributed by atoms with Crippen LogP contribution in [0.15, 0.2) is 41.7 Å². The van der Waals surface area contributed by atoms with Gasteiger partial charge < -0.3 is 10.1 Å². The van der Waals surface area contributed by atoms with Gasteiger partial charge in [0, 0.05) is 31.4 Å². The number of piperidine rings is 1. The Labute approximate surface area is 132 Å². The zero-order chi connectivity index (χ0) is 15.2. The van der Waals surface area contributed by atoms with Crippen LogP contribution in [0.2, 0.25) is 0 Å². The molecule has 0 aromatic heterocycles. The molecular formula is C18H25N3O. The normalized spacial score (nSPS) is 22.0. The summed E-state index contributed by atoms with van der Waals surface area (Å²) < 4.78 is 6.03. The molecule has 2 aliphatic rings. The number of aryl methyl sites for hydroxylation is 1. The fourth-order valence-electron chi connectivity index (χ4n) is 3.13. The van der Waals surface area contributed by atoms with Crippen molar-refractivity contribution < 1.29 is 4.74 Å². The summed E-state index contributed by atoms with van der Waals surface area (Å²) >= 11 is 0. The van der Waals surface area contributed by atoms with E-state index in [0.29, 0.717) is 5.92 Å².